The van der Waals surface area contributed by atoms with Gasteiger partial charge in [-0.2, -0.15) is 0 Å². The van der Waals surface area contributed by atoms with Gasteiger partial charge in [-0.15, -0.1) is 0 Å². The third-order valence-corrected chi connectivity index (χ3v) is 2.53. The number of hydrogen-bond donors (Lipinski definition) is 2. The van der Waals surface area contributed by atoms with E-state index in [-0.39, 0.29) is 18.0 Å². The summed E-state index contributed by atoms with van der Waals surface area (Å²) < 4.78 is 4.86. The zero-order chi connectivity index (χ0) is 11.1. The summed E-state index contributed by atoms with van der Waals surface area (Å²) in [5.41, 5.74) is 0. The lowest BCUT2D eigenvalue weighted by Crippen LogP contribution is -2.22. The van der Waals surface area contributed by atoms with E-state index in [1.54, 1.807) is 6.92 Å². The highest BCUT2D eigenvalue weighted by Crippen LogP contribution is 2.30. The van der Waals surface area contributed by atoms with Crippen LogP contribution in [-0.2, 0) is 9.53 Å². The Morgan fingerprint density at radius 2 is 2.00 bits per heavy atom. The van der Waals surface area contributed by atoms with Gasteiger partial charge in [0.1, 0.15) is 0 Å². The van der Waals surface area contributed by atoms with Crippen LogP contribution < -0.4 is 0 Å². The lowest BCUT2D eigenvalue weighted by atomic mass is 9.99. The topological polar surface area (TPSA) is 66.8 Å². The van der Waals surface area contributed by atoms with Crippen molar-refractivity contribution in [1.29, 1.82) is 0 Å². The molecule has 5 heteroatoms. The van der Waals surface area contributed by atoms with Gasteiger partial charge in [0.25, 0.3) is 0 Å². The third kappa shape index (κ3) is 6.30. The second kappa shape index (κ2) is 7.16. The van der Waals surface area contributed by atoms with Crippen molar-refractivity contribution in [3.05, 3.63) is 0 Å². The molecular weight excluding hydrogens is 203 g/mol. The Labute approximate surface area is 86.2 Å². The van der Waals surface area contributed by atoms with E-state index in [1.165, 1.54) is 0 Å². The molecule has 4 nitrogen and oxygen atoms in total. The Balaban J connectivity index is 4.15. The van der Waals surface area contributed by atoms with Gasteiger partial charge in [0.05, 0.1) is 12.5 Å². The number of carbonyl (C=O) groups excluding carboxylic acids is 1. The molecular formula is C9H19O4P. The van der Waals surface area contributed by atoms with Gasteiger partial charge in [-0.1, -0.05) is 13.8 Å². The Kier molecular flexibility index (Phi) is 7.06. The van der Waals surface area contributed by atoms with E-state index in [4.69, 9.17) is 14.5 Å². The summed E-state index contributed by atoms with van der Waals surface area (Å²) in [6.45, 7) is 6.06. The Bertz CT molecular complexity index is 160. The molecule has 1 atom stereocenters. The van der Waals surface area contributed by atoms with Crippen LogP contribution in [0, 0.1) is 11.8 Å². The quantitative estimate of drug-likeness (QED) is 0.528. The minimum Gasteiger partial charge on any atom is -0.466 e. The monoisotopic (exact) mass is 222 g/mol. The smallest absolute Gasteiger partial charge is 0.309 e. The van der Waals surface area contributed by atoms with E-state index in [1.807, 2.05) is 13.8 Å². The standard InChI is InChI=1S/C9H19O4P/c1-4-13-9(10)8(5-7(2)3)6-14(11)12/h7-8,11-12H,4-6H2,1-3H3. The SMILES string of the molecule is CCOC(=O)C(CC(C)C)CP(O)O. The van der Waals surface area contributed by atoms with E-state index >= 15 is 0 Å². The summed E-state index contributed by atoms with van der Waals surface area (Å²) in [7, 11) is -2.01. The van der Waals surface area contributed by atoms with Crippen LogP contribution in [0.25, 0.3) is 0 Å². The van der Waals surface area contributed by atoms with E-state index in [0.29, 0.717) is 18.9 Å². The van der Waals surface area contributed by atoms with Crippen molar-refractivity contribution >= 4 is 14.3 Å². The van der Waals surface area contributed by atoms with Crippen LogP contribution in [0.4, 0.5) is 0 Å². The Morgan fingerprint density at radius 3 is 2.36 bits per heavy atom. The summed E-state index contributed by atoms with van der Waals surface area (Å²) in [5.74, 6) is -0.354. The fraction of sp³-hybridized carbons (Fsp3) is 0.889. The van der Waals surface area contributed by atoms with Crippen molar-refractivity contribution in [2.45, 2.75) is 27.2 Å². The first-order valence-corrected chi connectivity index (χ1v) is 6.22. The fourth-order valence-electron chi connectivity index (χ4n) is 1.27. The second-order valence-corrected chi connectivity index (χ2v) is 4.74. The van der Waals surface area contributed by atoms with Crippen LogP contribution in [0.5, 0.6) is 0 Å². The predicted octanol–water partition coefficient (Wildman–Crippen LogP) is 1.51. The molecule has 14 heavy (non-hydrogen) atoms. The van der Waals surface area contributed by atoms with Gasteiger partial charge in [-0.25, -0.2) is 0 Å². The van der Waals surface area contributed by atoms with Gasteiger partial charge in [0.15, 0.2) is 8.38 Å². The average molecular weight is 222 g/mol. The Morgan fingerprint density at radius 1 is 1.43 bits per heavy atom. The first-order chi connectivity index (χ1) is 6.47. The molecule has 0 heterocycles. The predicted molar refractivity (Wildman–Crippen MR) is 55.8 cm³/mol. The number of rotatable bonds is 6. The molecule has 0 bridgehead atoms. The van der Waals surface area contributed by atoms with Gasteiger partial charge in [0.2, 0.25) is 0 Å². The average Bonchev–Trinajstić information content (AvgIpc) is 2.01. The number of hydrogen-bond acceptors (Lipinski definition) is 4. The zero-order valence-electron chi connectivity index (χ0n) is 8.93. The zero-order valence-corrected chi connectivity index (χ0v) is 9.83. The normalized spacial score (nSPS) is 13.4. The summed E-state index contributed by atoms with van der Waals surface area (Å²) in [5, 5.41) is 0. The molecule has 0 fully saturated rings. The maximum Gasteiger partial charge on any atom is 0.309 e. The molecule has 1 unspecified atom stereocenters. The van der Waals surface area contributed by atoms with Crippen molar-refractivity contribution in [3.63, 3.8) is 0 Å². The minimum atomic E-state index is -2.01. The number of carbonyl (C=O) groups is 1. The molecule has 84 valence electrons. The van der Waals surface area contributed by atoms with E-state index in [9.17, 15) is 4.79 Å². The number of esters is 1. The highest BCUT2D eigenvalue weighted by Gasteiger charge is 2.23. The third-order valence-electron chi connectivity index (χ3n) is 1.76. The van der Waals surface area contributed by atoms with Crippen molar-refractivity contribution < 1.29 is 19.3 Å². The van der Waals surface area contributed by atoms with Gasteiger partial charge in [-0.3, -0.25) is 4.79 Å². The van der Waals surface area contributed by atoms with Crippen LogP contribution in [0.1, 0.15) is 27.2 Å². The molecule has 0 spiro atoms. The van der Waals surface area contributed by atoms with Crippen molar-refractivity contribution in [1.82, 2.24) is 0 Å². The van der Waals surface area contributed by atoms with Crippen molar-refractivity contribution in [2.24, 2.45) is 11.8 Å². The molecule has 0 aliphatic rings. The lowest BCUT2D eigenvalue weighted by Gasteiger charge is -2.17. The largest absolute Gasteiger partial charge is 0.466 e. The lowest BCUT2D eigenvalue weighted by molar-refractivity contribution is -0.147. The first kappa shape index (κ1) is 13.8. The van der Waals surface area contributed by atoms with Crippen LogP contribution >= 0.6 is 8.38 Å². The van der Waals surface area contributed by atoms with Crippen molar-refractivity contribution in [3.8, 4) is 0 Å². The van der Waals surface area contributed by atoms with Gasteiger partial charge in [0, 0.05) is 6.16 Å². The maximum atomic E-state index is 11.4. The van der Waals surface area contributed by atoms with E-state index in [0.717, 1.165) is 0 Å². The van der Waals surface area contributed by atoms with Crippen molar-refractivity contribution in [2.75, 3.05) is 12.8 Å². The second-order valence-electron chi connectivity index (χ2n) is 3.63. The van der Waals surface area contributed by atoms with Crippen LogP contribution in [-0.4, -0.2) is 28.5 Å². The highest BCUT2D eigenvalue weighted by atomic mass is 31.2. The van der Waals surface area contributed by atoms with E-state index in [2.05, 4.69) is 0 Å². The van der Waals surface area contributed by atoms with Crippen LogP contribution in [0.2, 0.25) is 0 Å². The molecule has 0 aliphatic heterocycles. The molecule has 0 radical (unpaired) electrons. The molecule has 2 N–H and O–H groups in total. The van der Waals surface area contributed by atoms with Crippen LogP contribution in [0.15, 0.2) is 0 Å². The maximum absolute atomic E-state index is 11.4. The van der Waals surface area contributed by atoms with Gasteiger partial charge >= 0.3 is 5.97 Å². The van der Waals surface area contributed by atoms with Crippen LogP contribution in [0.3, 0.4) is 0 Å². The summed E-state index contributed by atoms with van der Waals surface area (Å²) in [4.78, 5) is 29.1. The molecule has 0 aliphatic carbocycles. The fourth-order valence-corrected chi connectivity index (χ4v) is 1.96. The molecule has 0 rings (SSSR count). The summed E-state index contributed by atoms with van der Waals surface area (Å²) >= 11 is 0. The minimum absolute atomic E-state index is 0.117. The molecule has 0 aromatic rings. The molecule has 0 saturated carbocycles. The number of ether oxygens (including phenoxy) is 1. The summed E-state index contributed by atoms with van der Waals surface area (Å²) in [6, 6.07) is 0. The molecule has 0 aromatic heterocycles. The van der Waals surface area contributed by atoms with Gasteiger partial charge < -0.3 is 14.5 Å². The first-order valence-electron chi connectivity index (χ1n) is 4.79. The Hall–Kier alpha value is -0.180. The van der Waals surface area contributed by atoms with E-state index < -0.39 is 8.38 Å². The highest BCUT2D eigenvalue weighted by molar-refractivity contribution is 7.45. The van der Waals surface area contributed by atoms with Gasteiger partial charge in [-0.05, 0) is 19.3 Å². The molecule has 0 amide bonds. The molecule has 0 aromatic carbocycles. The molecule has 0 saturated heterocycles. The summed E-state index contributed by atoms with van der Waals surface area (Å²) in [6.07, 6.45) is 0.755.